The molecule has 0 aliphatic rings. The molecular weight excluding hydrogens is 262 g/mol. The van der Waals surface area contributed by atoms with Crippen molar-refractivity contribution in [3.63, 3.8) is 0 Å². The topological polar surface area (TPSA) is 40.5 Å². The van der Waals surface area contributed by atoms with Gasteiger partial charge in [-0.3, -0.25) is 0 Å². The Hall–Kier alpha value is -2.13. The summed E-state index contributed by atoms with van der Waals surface area (Å²) in [7, 11) is 4.10. The van der Waals surface area contributed by atoms with Crippen LogP contribution >= 0.6 is 0 Å². The number of aromatic carboxylic acids is 1. The van der Waals surface area contributed by atoms with Gasteiger partial charge in [-0.2, -0.15) is 0 Å². The Morgan fingerprint density at radius 3 is 2.48 bits per heavy atom. The summed E-state index contributed by atoms with van der Waals surface area (Å²) >= 11 is 0. The van der Waals surface area contributed by atoms with E-state index in [9.17, 15) is 4.79 Å². The van der Waals surface area contributed by atoms with E-state index in [2.05, 4.69) is 24.0 Å². The molecule has 110 valence electrons. The quantitative estimate of drug-likeness (QED) is 0.922. The molecular formula is C18H21NO2. The molecule has 0 bridgehead atoms. The summed E-state index contributed by atoms with van der Waals surface area (Å²) in [5.41, 5.74) is 4.65. The second kappa shape index (κ2) is 6.10. The average Bonchev–Trinajstić information content (AvgIpc) is 2.46. The minimum atomic E-state index is -0.894. The molecule has 0 radical (unpaired) electrons. The van der Waals surface area contributed by atoms with Crippen molar-refractivity contribution >= 4 is 5.97 Å². The molecule has 21 heavy (non-hydrogen) atoms. The van der Waals surface area contributed by atoms with Gasteiger partial charge < -0.3 is 10.0 Å². The van der Waals surface area contributed by atoms with Crippen LogP contribution < -0.4 is 0 Å². The monoisotopic (exact) mass is 283 g/mol. The zero-order chi connectivity index (χ0) is 15.6. The van der Waals surface area contributed by atoms with Gasteiger partial charge in [-0.05, 0) is 68.4 Å². The minimum absolute atomic E-state index is 0.313. The fraction of sp³-hybridized carbons (Fsp3) is 0.278. The van der Waals surface area contributed by atoms with Gasteiger partial charge in [0.05, 0.1) is 5.56 Å². The molecule has 0 spiro atoms. The first-order valence-corrected chi connectivity index (χ1v) is 7.01. The molecule has 0 amide bonds. The molecule has 2 rings (SSSR count). The number of rotatable bonds is 4. The molecule has 2 aromatic carbocycles. The summed E-state index contributed by atoms with van der Waals surface area (Å²) in [6.07, 6.45) is 0. The molecule has 0 saturated heterocycles. The second-order valence-electron chi connectivity index (χ2n) is 5.60. The van der Waals surface area contributed by atoms with Crippen molar-refractivity contribution in [3.8, 4) is 11.1 Å². The van der Waals surface area contributed by atoms with Crippen molar-refractivity contribution in [2.45, 2.75) is 19.9 Å². The molecule has 0 heterocycles. The maximum atomic E-state index is 11.2. The predicted octanol–water partition coefficient (Wildman–Crippen LogP) is 3.98. The molecule has 1 atom stereocenters. The smallest absolute Gasteiger partial charge is 0.335 e. The molecule has 0 unspecified atom stereocenters. The normalized spacial score (nSPS) is 12.4. The number of hydrogen-bond donors (Lipinski definition) is 1. The fourth-order valence-electron chi connectivity index (χ4n) is 2.33. The van der Waals surface area contributed by atoms with Crippen molar-refractivity contribution in [1.29, 1.82) is 0 Å². The largest absolute Gasteiger partial charge is 0.478 e. The van der Waals surface area contributed by atoms with Gasteiger partial charge in [0.15, 0.2) is 0 Å². The van der Waals surface area contributed by atoms with E-state index >= 15 is 0 Å². The summed E-state index contributed by atoms with van der Waals surface area (Å²) in [5, 5.41) is 9.16. The summed E-state index contributed by atoms with van der Waals surface area (Å²) in [4.78, 5) is 13.3. The number of hydrogen-bond acceptors (Lipinski definition) is 2. The Kier molecular flexibility index (Phi) is 4.43. The lowest BCUT2D eigenvalue weighted by atomic mass is 9.95. The van der Waals surface area contributed by atoms with Crippen LogP contribution in [0, 0.1) is 6.92 Å². The van der Waals surface area contributed by atoms with Gasteiger partial charge in [-0.25, -0.2) is 4.79 Å². The van der Waals surface area contributed by atoms with Crippen molar-refractivity contribution in [3.05, 3.63) is 59.2 Å². The van der Waals surface area contributed by atoms with E-state index in [-0.39, 0.29) is 0 Å². The highest BCUT2D eigenvalue weighted by atomic mass is 16.4. The minimum Gasteiger partial charge on any atom is -0.478 e. The second-order valence-corrected chi connectivity index (χ2v) is 5.60. The van der Waals surface area contributed by atoms with Crippen LogP contribution in [-0.4, -0.2) is 30.1 Å². The van der Waals surface area contributed by atoms with E-state index in [4.69, 9.17) is 5.11 Å². The van der Waals surface area contributed by atoms with Gasteiger partial charge in [0, 0.05) is 6.04 Å². The molecule has 0 aromatic heterocycles. The number of carboxylic acids is 1. The Bertz CT molecular complexity index is 662. The van der Waals surface area contributed by atoms with Crippen molar-refractivity contribution < 1.29 is 9.90 Å². The van der Waals surface area contributed by atoms with Gasteiger partial charge in [-0.15, -0.1) is 0 Å². The number of carbonyl (C=O) groups is 1. The predicted molar refractivity (Wildman–Crippen MR) is 85.7 cm³/mol. The standard InChI is InChI=1S/C18H21NO2/c1-12-8-9-16(18(20)21)11-17(12)15-7-5-6-14(10-15)13(2)19(3)4/h5-11,13H,1-4H3,(H,20,21)/t13-/m0/s1. The van der Waals surface area contributed by atoms with Gasteiger partial charge in [-0.1, -0.05) is 24.3 Å². The highest BCUT2D eigenvalue weighted by molar-refractivity contribution is 5.90. The SMILES string of the molecule is Cc1ccc(C(=O)O)cc1-c1cccc([C@H](C)N(C)C)c1. The van der Waals surface area contributed by atoms with Gasteiger partial charge in [0.1, 0.15) is 0 Å². The van der Waals surface area contributed by atoms with Crippen LogP contribution in [0.15, 0.2) is 42.5 Å². The van der Waals surface area contributed by atoms with Crippen LogP contribution in [0.4, 0.5) is 0 Å². The third kappa shape index (κ3) is 3.31. The number of aryl methyl sites for hydroxylation is 1. The first-order valence-electron chi connectivity index (χ1n) is 7.01. The molecule has 0 aliphatic heterocycles. The molecule has 3 heteroatoms. The van der Waals surface area contributed by atoms with E-state index in [0.29, 0.717) is 11.6 Å². The first-order chi connectivity index (χ1) is 9.90. The number of benzene rings is 2. The average molecular weight is 283 g/mol. The molecule has 0 fully saturated rings. The highest BCUT2D eigenvalue weighted by Crippen LogP contribution is 2.28. The van der Waals surface area contributed by atoms with E-state index < -0.39 is 5.97 Å². The number of carboxylic acid groups (broad SMARTS) is 1. The highest BCUT2D eigenvalue weighted by Gasteiger charge is 2.11. The third-order valence-electron chi connectivity index (χ3n) is 3.94. The molecule has 0 saturated carbocycles. The van der Waals surface area contributed by atoms with Gasteiger partial charge in [0.2, 0.25) is 0 Å². The Labute approximate surface area is 125 Å². The zero-order valence-electron chi connectivity index (χ0n) is 12.9. The van der Waals surface area contributed by atoms with Crippen molar-refractivity contribution in [2.75, 3.05) is 14.1 Å². The maximum absolute atomic E-state index is 11.2. The lowest BCUT2D eigenvalue weighted by Gasteiger charge is -2.21. The lowest BCUT2D eigenvalue weighted by Crippen LogP contribution is -2.16. The summed E-state index contributed by atoms with van der Waals surface area (Å²) in [5.74, 6) is -0.894. The van der Waals surface area contributed by atoms with Crippen LogP contribution in [0.5, 0.6) is 0 Å². The van der Waals surface area contributed by atoms with Crippen molar-refractivity contribution in [1.82, 2.24) is 4.90 Å². The molecule has 1 N–H and O–H groups in total. The van der Waals surface area contributed by atoms with Crippen LogP contribution in [0.3, 0.4) is 0 Å². The van der Waals surface area contributed by atoms with Crippen LogP contribution in [0.25, 0.3) is 11.1 Å². The summed E-state index contributed by atoms with van der Waals surface area (Å²) in [6.45, 7) is 4.16. The van der Waals surface area contributed by atoms with E-state index in [1.807, 2.05) is 39.2 Å². The number of nitrogens with zero attached hydrogens (tertiary/aromatic N) is 1. The van der Waals surface area contributed by atoms with E-state index in [1.54, 1.807) is 12.1 Å². The fourth-order valence-corrected chi connectivity index (χ4v) is 2.33. The van der Waals surface area contributed by atoms with Gasteiger partial charge in [0.25, 0.3) is 0 Å². The van der Waals surface area contributed by atoms with E-state index in [0.717, 1.165) is 16.7 Å². The van der Waals surface area contributed by atoms with Gasteiger partial charge >= 0.3 is 5.97 Å². The van der Waals surface area contributed by atoms with Crippen molar-refractivity contribution in [2.24, 2.45) is 0 Å². The van der Waals surface area contributed by atoms with Crippen LogP contribution in [-0.2, 0) is 0 Å². The molecule has 0 aliphatic carbocycles. The summed E-state index contributed by atoms with van der Waals surface area (Å²) in [6, 6.07) is 13.9. The maximum Gasteiger partial charge on any atom is 0.335 e. The first kappa shape index (κ1) is 15.3. The zero-order valence-corrected chi connectivity index (χ0v) is 12.9. The Morgan fingerprint density at radius 2 is 1.86 bits per heavy atom. The third-order valence-corrected chi connectivity index (χ3v) is 3.94. The van der Waals surface area contributed by atoms with E-state index in [1.165, 1.54) is 5.56 Å². The van der Waals surface area contributed by atoms with Crippen LogP contribution in [0.1, 0.15) is 34.5 Å². The summed E-state index contributed by atoms with van der Waals surface area (Å²) < 4.78 is 0. The Balaban J connectivity index is 2.49. The van der Waals surface area contributed by atoms with Crippen LogP contribution in [0.2, 0.25) is 0 Å². The molecule has 2 aromatic rings. The lowest BCUT2D eigenvalue weighted by molar-refractivity contribution is 0.0697. The Morgan fingerprint density at radius 1 is 1.14 bits per heavy atom. The molecule has 3 nitrogen and oxygen atoms in total.